The van der Waals surface area contributed by atoms with Crippen LogP contribution in [0, 0.1) is 10.1 Å². The third-order valence-electron chi connectivity index (χ3n) is 2.52. The molecule has 0 N–H and O–H groups in total. The fraction of sp³-hybridized carbons (Fsp3) is 0.0769. The normalized spacial score (nSPS) is 11.4. The van der Waals surface area contributed by atoms with E-state index in [-0.39, 0.29) is 4.90 Å². The number of nitro groups is 1. The van der Waals surface area contributed by atoms with Gasteiger partial charge in [-0.15, -0.1) is 0 Å². The number of nitro benzene ring substituents is 1. The van der Waals surface area contributed by atoms with Crippen LogP contribution in [0.1, 0.15) is 5.56 Å². The third kappa shape index (κ3) is 3.98. The van der Waals surface area contributed by atoms with E-state index in [1.54, 1.807) is 24.3 Å². The van der Waals surface area contributed by atoms with Crippen molar-refractivity contribution >= 4 is 33.4 Å². The van der Waals surface area contributed by atoms with Crippen molar-refractivity contribution in [1.29, 1.82) is 0 Å². The van der Waals surface area contributed by atoms with Crippen LogP contribution in [0.3, 0.4) is 0 Å². The molecule has 0 aliphatic rings. The minimum absolute atomic E-state index is 0.0737. The van der Waals surface area contributed by atoms with Gasteiger partial charge < -0.3 is 0 Å². The van der Waals surface area contributed by atoms with Crippen LogP contribution in [0.4, 0.5) is 18.9 Å². The molecule has 0 saturated heterocycles. The Morgan fingerprint density at radius 1 is 1.10 bits per heavy atom. The first-order chi connectivity index (χ1) is 9.77. The second kappa shape index (κ2) is 6.07. The Morgan fingerprint density at radius 2 is 1.71 bits per heavy atom. The van der Waals surface area contributed by atoms with Crippen LogP contribution in [-0.4, -0.2) is 4.92 Å². The average molecular weight is 378 g/mol. The van der Waals surface area contributed by atoms with Crippen molar-refractivity contribution < 1.29 is 18.1 Å². The maximum atomic E-state index is 13.0. The van der Waals surface area contributed by atoms with Gasteiger partial charge in [0.25, 0.3) is 5.69 Å². The van der Waals surface area contributed by atoms with Crippen molar-refractivity contribution in [3.05, 3.63) is 62.6 Å². The SMILES string of the molecule is O=[N+]([O-])c1ccc(Sc2ccc(Br)cc2)c(C(F)(F)F)c1. The van der Waals surface area contributed by atoms with Gasteiger partial charge in [0.05, 0.1) is 10.5 Å². The van der Waals surface area contributed by atoms with E-state index in [9.17, 15) is 23.3 Å². The first-order valence-electron chi connectivity index (χ1n) is 5.56. The number of hydrogen-bond donors (Lipinski definition) is 0. The van der Waals surface area contributed by atoms with Gasteiger partial charge in [0.15, 0.2) is 0 Å². The lowest BCUT2D eigenvalue weighted by Gasteiger charge is -2.12. The van der Waals surface area contributed by atoms with Crippen molar-refractivity contribution in [3.63, 3.8) is 0 Å². The predicted octanol–water partition coefficient (Wildman–Crippen LogP) is 5.53. The molecule has 110 valence electrons. The summed E-state index contributed by atoms with van der Waals surface area (Å²) in [6.45, 7) is 0. The first kappa shape index (κ1) is 15.8. The zero-order valence-electron chi connectivity index (χ0n) is 10.2. The fourth-order valence-electron chi connectivity index (χ4n) is 1.57. The number of nitrogens with zero attached hydrogens (tertiary/aromatic N) is 1. The van der Waals surface area contributed by atoms with E-state index < -0.39 is 22.4 Å². The number of hydrogen-bond acceptors (Lipinski definition) is 3. The standard InChI is InChI=1S/C13H7BrF3NO2S/c14-8-1-4-10(5-2-8)21-12-6-3-9(18(19)20)7-11(12)13(15,16)17/h1-7H. The third-order valence-corrected chi connectivity index (χ3v) is 4.13. The fourth-order valence-corrected chi connectivity index (χ4v) is 2.78. The van der Waals surface area contributed by atoms with Gasteiger partial charge in [-0.1, -0.05) is 27.7 Å². The van der Waals surface area contributed by atoms with Gasteiger partial charge in [0, 0.05) is 26.4 Å². The maximum Gasteiger partial charge on any atom is 0.417 e. The van der Waals surface area contributed by atoms with E-state index in [0.717, 1.165) is 28.4 Å². The van der Waals surface area contributed by atoms with Gasteiger partial charge in [0.1, 0.15) is 0 Å². The number of non-ortho nitro benzene ring substituents is 1. The van der Waals surface area contributed by atoms with Gasteiger partial charge in [-0.25, -0.2) is 0 Å². The molecule has 2 aromatic carbocycles. The highest BCUT2D eigenvalue weighted by Gasteiger charge is 2.35. The van der Waals surface area contributed by atoms with E-state index in [1.807, 2.05) is 0 Å². The number of alkyl halides is 3. The van der Waals surface area contributed by atoms with E-state index in [1.165, 1.54) is 0 Å². The molecular formula is C13H7BrF3NO2S. The molecule has 0 aliphatic heterocycles. The summed E-state index contributed by atoms with van der Waals surface area (Å²) < 4.78 is 39.9. The largest absolute Gasteiger partial charge is 0.417 e. The van der Waals surface area contributed by atoms with Gasteiger partial charge in [-0.2, -0.15) is 13.2 Å². The summed E-state index contributed by atoms with van der Waals surface area (Å²) in [6.07, 6.45) is -4.65. The van der Waals surface area contributed by atoms with E-state index in [4.69, 9.17) is 0 Å². The number of benzene rings is 2. The predicted molar refractivity (Wildman–Crippen MR) is 76.4 cm³/mol. The molecule has 0 unspecified atom stereocenters. The molecule has 0 aliphatic carbocycles. The second-order valence-electron chi connectivity index (χ2n) is 3.99. The summed E-state index contributed by atoms with van der Waals surface area (Å²) in [5, 5.41) is 10.6. The van der Waals surface area contributed by atoms with Gasteiger partial charge in [0.2, 0.25) is 0 Å². The Kier molecular flexibility index (Phi) is 4.58. The molecule has 0 bridgehead atoms. The molecule has 0 radical (unpaired) electrons. The Morgan fingerprint density at radius 3 is 2.24 bits per heavy atom. The minimum Gasteiger partial charge on any atom is -0.258 e. The van der Waals surface area contributed by atoms with Crippen molar-refractivity contribution in [2.24, 2.45) is 0 Å². The number of halogens is 4. The summed E-state index contributed by atoms with van der Waals surface area (Å²) in [4.78, 5) is 10.3. The summed E-state index contributed by atoms with van der Waals surface area (Å²) in [6, 6.07) is 9.49. The summed E-state index contributed by atoms with van der Waals surface area (Å²) >= 11 is 4.15. The van der Waals surface area contributed by atoms with Crippen LogP contribution in [0.2, 0.25) is 0 Å². The topological polar surface area (TPSA) is 43.1 Å². The van der Waals surface area contributed by atoms with Crippen LogP contribution in [-0.2, 0) is 6.18 Å². The van der Waals surface area contributed by atoms with Crippen LogP contribution in [0.15, 0.2) is 56.7 Å². The molecule has 0 saturated carbocycles. The molecule has 3 nitrogen and oxygen atoms in total. The van der Waals surface area contributed by atoms with Crippen LogP contribution >= 0.6 is 27.7 Å². The Balaban J connectivity index is 2.43. The molecule has 2 aromatic rings. The Hall–Kier alpha value is -1.54. The highest BCUT2D eigenvalue weighted by atomic mass is 79.9. The van der Waals surface area contributed by atoms with E-state index in [0.29, 0.717) is 11.0 Å². The molecule has 0 heterocycles. The van der Waals surface area contributed by atoms with Crippen molar-refractivity contribution in [2.45, 2.75) is 16.0 Å². The molecule has 0 aromatic heterocycles. The van der Waals surface area contributed by atoms with E-state index in [2.05, 4.69) is 15.9 Å². The average Bonchev–Trinajstić information content (AvgIpc) is 2.40. The summed E-state index contributed by atoms with van der Waals surface area (Å²) in [7, 11) is 0. The lowest BCUT2D eigenvalue weighted by Crippen LogP contribution is -2.07. The van der Waals surface area contributed by atoms with Crippen molar-refractivity contribution in [2.75, 3.05) is 0 Å². The Bertz CT molecular complexity index is 674. The lowest BCUT2D eigenvalue weighted by molar-refractivity contribution is -0.385. The highest BCUT2D eigenvalue weighted by molar-refractivity contribution is 9.10. The first-order valence-corrected chi connectivity index (χ1v) is 7.17. The van der Waals surface area contributed by atoms with Crippen molar-refractivity contribution in [3.8, 4) is 0 Å². The molecule has 2 rings (SSSR count). The Labute approximate surface area is 130 Å². The van der Waals surface area contributed by atoms with Gasteiger partial charge in [-0.3, -0.25) is 10.1 Å². The molecule has 0 fully saturated rings. The highest BCUT2D eigenvalue weighted by Crippen LogP contribution is 2.41. The lowest BCUT2D eigenvalue weighted by atomic mass is 10.2. The quantitative estimate of drug-likeness (QED) is 0.521. The monoisotopic (exact) mass is 377 g/mol. The molecule has 0 atom stereocenters. The molecule has 8 heteroatoms. The van der Waals surface area contributed by atoms with Crippen LogP contribution in [0.5, 0.6) is 0 Å². The zero-order valence-corrected chi connectivity index (χ0v) is 12.6. The van der Waals surface area contributed by atoms with Gasteiger partial charge >= 0.3 is 6.18 Å². The summed E-state index contributed by atoms with van der Waals surface area (Å²) in [5.74, 6) is 0. The smallest absolute Gasteiger partial charge is 0.258 e. The van der Waals surface area contributed by atoms with Crippen LogP contribution in [0.25, 0.3) is 0 Å². The number of rotatable bonds is 3. The van der Waals surface area contributed by atoms with Crippen LogP contribution < -0.4 is 0 Å². The van der Waals surface area contributed by atoms with Gasteiger partial charge in [-0.05, 0) is 30.3 Å². The minimum atomic E-state index is -4.65. The molecular weight excluding hydrogens is 371 g/mol. The molecule has 0 amide bonds. The second-order valence-corrected chi connectivity index (χ2v) is 6.02. The zero-order chi connectivity index (χ0) is 15.6. The molecule has 0 spiro atoms. The van der Waals surface area contributed by atoms with E-state index >= 15 is 0 Å². The van der Waals surface area contributed by atoms with Crippen molar-refractivity contribution in [1.82, 2.24) is 0 Å². The molecule has 21 heavy (non-hydrogen) atoms. The summed E-state index contributed by atoms with van der Waals surface area (Å²) in [5.41, 5.74) is -1.59. The maximum absolute atomic E-state index is 13.0.